The molecule has 0 bridgehead atoms. The summed E-state index contributed by atoms with van der Waals surface area (Å²) in [6, 6.07) is -1.76. The highest BCUT2D eigenvalue weighted by Crippen LogP contribution is 2.07. The lowest BCUT2D eigenvalue weighted by molar-refractivity contribution is -0.141. The molecule has 12 nitrogen and oxygen atoms in total. The number of carbonyl (C=O) groups is 4. The van der Waals surface area contributed by atoms with Gasteiger partial charge in [-0.15, -0.1) is 0 Å². The second-order valence-electron chi connectivity index (χ2n) is 7.58. The minimum absolute atomic E-state index is 0.0459. The van der Waals surface area contributed by atoms with Gasteiger partial charge in [0.15, 0.2) is 0 Å². The summed E-state index contributed by atoms with van der Waals surface area (Å²) in [6.45, 7) is 4.09. The molecule has 0 aliphatic heterocycles. The molecule has 0 saturated carbocycles. The Morgan fingerprint density at radius 2 is 1.13 bits per heavy atom. The first-order valence-electron chi connectivity index (χ1n) is 10.3. The number of hydrogen-bond acceptors (Lipinski definition) is 10. The molecule has 0 amide bonds. The first-order valence-corrected chi connectivity index (χ1v) is 13.1. The van der Waals surface area contributed by atoms with Crippen molar-refractivity contribution >= 4 is 32.4 Å². The Balaban J connectivity index is 3.87. The quantitative estimate of drug-likeness (QED) is 0.108. The second-order valence-corrected chi connectivity index (χ2v) is 10.8. The summed E-state index contributed by atoms with van der Waals surface area (Å²) in [5.41, 5.74) is 10.8. The fourth-order valence-corrected chi connectivity index (χ4v) is 3.78. The summed E-state index contributed by atoms with van der Waals surface area (Å²) < 4.78 is 10.6. The minimum Gasteiger partial charge on any atom is -0.484 e. The number of nitrogens with one attached hydrogen (secondary N) is 2. The van der Waals surface area contributed by atoms with E-state index in [1.165, 1.54) is 0 Å². The Hall–Kier alpha value is -2.06. The maximum atomic E-state index is 11.9. The van der Waals surface area contributed by atoms with Crippen molar-refractivity contribution in [2.75, 3.05) is 26.2 Å². The summed E-state index contributed by atoms with van der Waals surface area (Å²) in [7, 11) is -2.98. The van der Waals surface area contributed by atoms with E-state index in [2.05, 4.69) is 10.6 Å². The van der Waals surface area contributed by atoms with Crippen molar-refractivity contribution in [2.45, 2.75) is 63.7 Å². The number of unbranched alkanes of at least 4 members (excludes halogenated alkanes) is 2. The molecule has 2 atom stereocenters. The average Bonchev–Trinajstić information content (AvgIpc) is 2.65. The van der Waals surface area contributed by atoms with Crippen LogP contribution in [0.2, 0.25) is 13.1 Å². The normalized spacial score (nSPS) is 13.3. The van der Waals surface area contributed by atoms with Gasteiger partial charge in [0, 0.05) is 13.1 Å². The molecule has 0 fully saturated rings. The highest BCUT2D eigenvalue weighted by Gasteiger charge is 2.33. The third-order valence-electron chi connectivity index (χ3n) is 4.13. The average molecular weight is 465 g/mol. The molecule has 0 aliphatic rings. The minimum atomic E-state index is -2.98. The van der Waals surface area contributed by atoms with Crippen LogP contribution in [-0.4, -0.2) is 80.9 Å². The van der Waals surface area contributed by atoms with Crippen molar-refractivity contribution in [3.05, 3.63) is 0 Å². The van der Waals surface area contributed by atoms with Gasteiger partial charge < -0.3 is 41.2 Å². The van der Waals surface area contributed by atoms with Gasteiger partial charge in [0.1, 0.15) is 12.1 Å². The van der Waals surface area contributed by atoms with Gasteiger partial charge in [-0.05, 0) is 38.8 Å². The Morgan fingerprint density at radius 1 is 0.774 bits per heavy atom. The summed E-state index contributed by atoms with van der Waals surface area (Å²) in [4.78, 5) is 45.0. The van der Waals surface area contributed by atoms with Crippen molar-refractivity contribution in [1.29, 1.82) is 0 Å². The van der Waals surface area contributed by atoms with E-state index in [0.717, 1.165) is 0 Å². The first kappa shape index (κ1) is 28.9. The number of carboxylic acids is 2. The van der Waals surface area contributed by atoms with Crippen LogP contribution in [0.15, 0.2) is 0 Å². The van der Waals surface area contributed by atoms with Crippen LogP contribution in [0.5, 0.6) is 0 Å². The lowest BCUT2D eigenvalue weighted by Gasteiger charge is -2.22. The predicted molar refractivity (Wildman–Crippen MR) is 114 cm³/mol. The molecule has 180 valence electrons. The monoisotopic (exact) mass is 464 g/mol. The van der Waals surface area contributed by atoms with Crippen molar-refractivity contribution in [1.82, 2.24) is 10.6 Å². The van der Waals surface area contributed by atoms with Gasteiger partial charge in [-0.25, -0.2) is 0 Å². The van der Waals surface area contributed by atoms with Gasteiger partial charge in [-0.3, -0.25) is 19.2 Å². The van der Waals surface area contributed by atoms with Crippen LogP contribution in [0, 0.1) is 0 Å². The van der Waals surface area contributed by atoms with Crippen LogP contribution in [0.4, 0.5) is 0 Å². The number of carboxylic acid groups (broad SMARTS) is 2. The van der Waals surface area contributed by atoms with Crippen molar-refractivity contribution in [3.63, 3.8) is 0 Å². The van der Waals surface area contributed by atoms with Crippen LogP contribution >= 0.6 is 0 Å². The molecule has 0 aliphatic carbocycles. The molecule has 0 heterocycles. The topological polar surface area (TPSA) is 203 Å². The number of carbonyl (C=O) groups excluding carboxylic acids is 2. The Labute approximate surface area is 183 Å². The molecule has 8 N–H and O–H groups in total. The smallest absolute Gasteiger partial charge is 0.457 e. The van der Waals surface area contributed by atoms with Gasteiger partial charge in [0.2, 0.25) is 0 Å². The van der Waals surface area contributed by atoms with Gasteiger partial charge >= 0.3 is 32.4 Å². The van der Waals surface area contributed by atoms with E-state index in [9.17, 15) is 19.2 Å². The summed E-state index contributed by atoms with van der Waals surface area (Å²) in [5.74, 6) is -3.13. The van der Waals surface area contributed by atoms with Crippen LogP contribution in [0.25, 0.3) is 0 Å². The van der Waals surface area contributed by atoms with Crippen molar-refractivity contribution in [3.8, 4) is 0 Å². The molecule has 0 aromatic rings. The SMILES string of the molecule is C[Si](C)(OC(=O)CNCCCCC(N)C(=O)O)OC(=O)CNCCCCC(N)C(=O)O. The number of rotatable bonds is 18. The van der Waals surface area contributed by atoms with E-state index in [-0.39, 0.29) is 13.1 Å². The third kappa shape index (κ3) is 16.3. The molecule has 0 aromatic carbocycles. The molecule has 2 unspecified atom stereocenters. The first-order chi connectivity index (χ1) is 14.4. The number of hydrogen-bond donors (Lipinski definition) is 6. The summed E-state index contributed by atoms with van der Waals surface area (Å²) in [5, 5.41) is 23.2. The summed E-state index contributed by atoms with van der Waals surface area (Å²) in [6.07, 6.45) is 3.29. The van der Waals surface area contributed by atoms with Crippen LogP contribution < -0.4 is 22.1 Å². The molecule has 0 radical (unpaired) electrons. The summed E-state index contributed by atoms with van der Waals surface area (Å²) >= 11 is 0. The maximum absolute atomic E-state index is 11.9. The number of nitrogens with two attached hydrogens (primary N) is 2. The maximum Gasteiger partial charge on any atom is 0.457 e. The van der Waals surface area contributed by atoms with E-state index in [1.54, 1.807) is 13.1 Å². The zero-order valence-corrected chi connectivity index (χ0v) is 19.2. The lowest BCUT2D eigenvalue weighted by Crippen LogP contribution is -2.43. The molecule has 0 saturated heterocycles. The van der Waals surface area contributed by atoms with E-state index >= 15 is 0 Å². The van der Waals surface area contributed by atoms with Crippen LogP contribution in [0.1, 0.15) is 38.5 Å². The third-order valence-corrected chi connectivity index (χ3v) is 5.57. The Kier molecular flexibility index (Phi) is 14.7. The van der Waals surface area contributed by atoms with Gasteiger partial charge in [-0.1, -0.05) is 12.8 Å². The second kappa shape index (κ2) is 15.7. The zero-order valence-electron chi connectivity index (χ0n) is 18.2. The highest BCUT2D eigenvalue weighted by molar-refractivity contribution is 6.67. The standard InChI is InChI=1S/C18H36N4O8Si/c1-31(2,29-15(23)11-21-9-5-3-7-13(19)17(25)26)30-16(24)12-22-10-6-4-8-14(20)18(27)28/h13-14,21-22H,3-12,19-20H2,1-2H3,(H,25,26)(H,27,28). The Morgan fingerprint density at radius 3 is 1.45 bits per heavy atom. The van der Waals surface area contributed by atoms with Crippen molar-refractivity contribution in [2.24, 2.45) is 11.5 Å². The molecular formula is C18H36N4O8Si. The Bertz CT molecular complexity index is 543. The lowest BCUT2D eigenvalue weighted by atomic mass is 10.1. The molecule has 13 heteroatoms. The molecule has 31 heavy (non-hydrogen) atoms. The zero-order chi connectivity index (χ0) is 23.9. The van der Waals surface area contributed by atoms with Crippen LogP contribution in [-0.2, 0) is 28.0 Å². The molecule has 0 rings (SSSR count). The van der Waals surface area contributed by atoms with E-state index in [4.69, 9.17) is 30.5 Å². The molecular weight excluding hydrogens is 428 g/mol. The largest absolute Gasteiger partial charge is 0.484 e. The van der Waals surface area contributed by atoms with Gasteiger partial charge in [-0.2, -0.15) is 0 Å². The fourth-order valence-electron chi connectivity index (χ4n) is 2.50. The van der Waals surface area contributed by atoms with Crippen LogP contribution in [0.3, 0.4) is 0 Å². The fraction of sp³-hybridized carbons (Fsp3) is 0.778. The van der Waals surface area contributed by atoms with Gasteiger partial charge in [0.25, 0.3) is 0 Å². The molecule has 0 spiro atoms. The van der Waals surface area contributed by atoms with E-state index in [0.29, 0.717) is 51.6 Å². The van der Waals surface area contributed by atoms with E-state index in [1.807, 2.05) is 0 Å². The van der Waals surface area contributed by atoms with E-state index < -0.39 is 44.5 Å². The van der Waals surface area contributed by atoms with Gasteiger partial charge in [0.05, 0.1) is 13.1 Å². The molecule has 0 aromatic heterocycles. The van der Waals surface area contributed by atoms with Crippen molar-refractivity contribution < 1.29 is 38.2 Å². The highest BCUT2D eigenvalue weighted by atomic mass is 28.4. The predicted octanol–water partition coefficient (Wildman–Crippen LogP) is -0.882. The number of aliphatic carboxylic acids is 2.